The van der Waals surface area contributed by atoms with Crippen molar-refractivity contribution in [3.8, 4) is 0 Å². The summed E-state index contributed by atoms with van der Waals surface area (Å²) in [7, 11) is -1.40. The summed E-state index contributed by atoms with van der Waals surface area (Å²) in [6, 6.07) is 3.39. The smallest absolute Gasteiger partial charge is 0.300 e. The maximum absolute atomic E-state index is 12.4. The lowest BCUT2D eigenvalue weighted by molar-refractivity contribution is 0.566. The van der Waals surface area contributed by atoms with Gasteiger partial charge in [0.05, 0.1) is 0 Å². The van der Waals surface area contributed by atoms with Gasteiger partial charge in [0.2, 0.25) is 10.0 Å². The van der Waals surface area contributed by atoms with E-state index < -0.39 is 26.2 Å². The average Bonchev–Trinajstić information content (AvgIpc) is 2.50. The Kier molecular flexibility index (Phi) is 4.29. The van der Waals surface area contributed by atoms with E-state index in [9.17, 15) is 18.0 Å². The lowest BCUT2D eigenvalue weighted by Gasteiger charge is -2.13. The summed E-state index contributed by atoms with van der Waals surface area (Å²) < 4.78 is 29.1. The van der Waals surface area contributed by atoms with Crippen LogP contribution in [0.2, 0.25) is 0 Å². The molecule has 0 aliphatic rings. The molecule has 1 N–H and O–H groups in total. The van der Waals surface area contributed by atoms with Crippen LogP contribution in [0.1, 0.15) is 11.3 Å². The largest absolute Gasteiger partial charge is 0.330 e. The molecule has 0 fully saturated rings. The van der Waals surface area contributed by atoms with E-state index >= 15 is 0 Å². The number of nitrogens with one attached hydrogen (secondary N) is 1. The van der Waals surface area contributed by atoms with E-state index in [1.54, 1.807) is 18.3 Å². The molecule has 0 aromatic carbocycles. The van der Waals surface area contributed by atoms with Crippen LogP contribution < -0.4 is 16.0 Å². The third kappa shape index (κ3) is 2.85. The zero-order valence-electron chi connectivity index (χ0n) is 12.4. The Bertz CT molecular complexity index is 914. The van der Waals surface area contributed by atoms with Gasteiger partial charge < -0.3 is 0 Å². The third-order valence-corrected chi connectivity index (χ3v) is 4.89. The fraction of sp³-hybridized carbons (Fsp3) is 0.308. The molecule has 0 aliphatic carbocycles. The van der Waals surface area contributed by atoms with Gasteiger partial charge in [0, 0.05) is 38.7 Å². The zero-order valence-corrected chi connectivity index (χ0v) is 13.2. The first-order valence-corrected chi connectivity index (χ1v) is 7.89. The van der Waals surface area contributed by atoms with Gasteiger partial charge >= 0.3 is 5.69 Å². The Labute approximate surface area is 127 Å². The topological polar surface area (TPSA) is 103 Å². The van der Waals surface area contributed by atoms with Gasteiger partial charge in [-0.3, -0.25) is 18.9 Å². The summed E-state index contributed by atoms with van der Waals surface area (Å²) in [6.07, 6.45) is 3.10. The molecule has 0 unspecified atom stereocenters. The summed E-state index contributed by atoms with van der Waals surface area (Å²) in [5.41, 5.74) is -0.676. The van der Waals surface area contributed by atoms with Gasteiger partial charge in [-0.05, 0) is 18.6 Å². The first-order valence-electron chi connectivity index (χ1n) is 6.41. The molecule has 2 aromatic rings. The van der Waals surface area contributed by atoms with E-state index in [-0.39, 0.29) is 12.2 Å². The molecule has 2 heterocycles. The number of rotatable bonds is 4. The van der Waals surface area contributed by atoms with Crippen LogP contribution in [0.25, 0.3) is 0 Å². The van der Waals surface area contributed by atoms with E-state index in [1.807, 2.05) is 0 Å². The van der Waals surface area contributed by atoms with Gasteiger partial charge in [-0.25, -0.2) is 17.9 Å². The molecule has 9 heteroatoms. The van der Waals surface area contributed by atoms with Crippen LogP contribution in [0.5, 0.6) is 0 Å². The van der Waals surface area contributed by atoms with Crippen LogP contribution >= 0.6 is 0 Å². The standard InChI is InChI=1S/C13H16N4O4S/c1-9-11(12(18)17(3)13(19)16(9)2)22(20,21)15-8-10-5-4-6-14-7-10/h4-7,15H,8H2,1-3H3. The first-order chi connectivity index (χ1) is 10.3. The normalized spacial score (nSPS) is 11.6. The van der Waals surface area contributed by atoms with E-state index in [0.29, 0.717) is 5.56 Å². The summed E-state index contributed by atoms with van der Waals surface area (Å²) in [5, 5.41) is 0. The van der Waals surface area contributed by atoms with Crippen molar-refractivity contribution in [1.29, 1.82) is 0 Å². The van der Waals surface area contributed by atoms with E-state index in [0.717, 1.165) is 9.13 Å². The van der Waals surface area contributed by atoms with Crippen molar-refractivity contribution < 1.29 is 8.42 Å². The second kappa shape index (κ2) is 5.85. The van der Waals surface area contributed by atoms with Crippen LogP contribution in [0.3, 0.4) is 0 Å². The maximum atomic E-state index is 12.4. The quantitative estimate of drug-likeness (QED) is 0.798. The SMILES string of the molecule is Cc1c(S(=O)(=O)NCc2cccnc2)c(=O)n(C)c(=O)n1C. The van der Waals surface area contributed by atoms with Crippen LogP contribution in [-0.2, 0) is 30.7 Å². The minimum absolute atomic E-state index is 0.00160. The molecule has 0 spiro atoms. The van der Waals surface area contributed by atoms with Crippen LogP contribution in [-0.4, -0.2) is 22.5 Å². The third-order valence-electron chi connectivity index (χ3n) is 3.36. The average molecular weight is 324 g/mol. The molecule has 8 nitrogen and oxygen atoms in total. The molecule has 0 radical (unpaired) electrons. The lowest BCUT2D eigenvalue weighted by atomic mass is 10.3. The monoisotopic (exact) mass is 324 g/mol. The predicted molar refractivity (Wildman–Crippen MR) is 79.9 cm³/mol. The van der Waals surface area contributed by atoms with Crippen LogP contribution in [0.4, 0.5) is 0 Å². The molecule has 0 saturated heterocycles. The number of hydrogen-bond acceptors (Lipinski definition) is 5. The minimum atomic E-state index is -4.05. The van der Waals surface area contributed by atoms with Gasteiger partial charge in [-0.1, -0.05) is 6.07 Å². The zero-order chi connectivity index (χ0) is 16.5. The van der Waals surface area contributed by atoms with Crippen molar-refractivity contribution in [1.82, 2.24) is 18.8 Å². The fourth-order valence-electron chi connectivity index (χ4n) is 1.98. The van der Waals surface area contributed by atoms with E-state index in [2.05, 4.69) is 9.71 Å². The molecular formula is C13H16N4O4S. The van der Waals surface area contributed by atoms with Crippen molar-refractivity contribution in [3.05, 3.63) is 56.6 Å². The van der Waals surface area contributed by atoms with Crippen LogP contribution in [0, 0.1) is 6.92 Å². The predicted octanol–water partition coefficient (Wildman–Crippen LogP) is -0.734. The Morgan fingerprint density at radius 1 is 1.23 bits per heavy atom. The van der Waals surface area contributed by atoms with Crippen molar-refractivity contribution in [2.45, 2.75) is 18.4 Å². The maximum Gasteiger partial charge on any atom is 0.330 e. The van der Waals surface area contributed by atoms with Gasteiger partial charge in [-0.15, -0.1) is 0 Å². The highest BCUT2D eigenvalue weighted by Gasteiger charge is 2.24. The molecule has 22 heavy (non-hydrogen) atoms. The minimum Gasteiger partial charge on any atom is -0.300 e. The summed E-state index contributed by atoms with van der Waals surface area (Å²) in [5.74, 6) is 0. The molecular weight excluding hydrogens is 308 g/mol. The van der Waals surface area contributed by atoms with Gasteiger partial charge in [0.15, 0.2) is 4.90 Å². The second-order valence-electron chi connectivity index (χ2n) is 4.81. The number of pyridine rings is 1. The lowest BCUT2D eigenvalue weighted by Crippen LogP contribution is -2.43. The molecule has 118 valence electrons. The molecule has 0 aliphatic heterocycles. The van der Waals surface area contributed by atoms with E-state index in [1.165, 1.54) is 27.2 Å². The number of aromatic nitrogens is 3. The van der Waals surface area contributed by atoms with Crippen LogP contribution in [0.15, 0.2) is 39.0 Å². The first kappa shape index (κ1) is 16.1. The van der Waals surface area contributed by atoms with Crippen molar-refractivity contribution in [3.63, 3.8) is 0 Å². The molecule has 0 amide bonds. The highest BCUT2D eigenvalue weighted by atomic mass is 32.2. The number of sulfonamides is 1. The van der Waals surface area contributed by atoms with Crippen molar-refractivity contribution in [2.24, 2.45) is 14.1 Å². The molecule has 0 saturated carbocycles. The molecule has 0 atom stereocenters. The van der Waals surface area contributed by atoms with E-state index in [4.69, 9.17) is 0 Å². The Balaban J connectivity index is 2.47. The van der Waals surface area contributed by atoms with Gasteiger partial charge in [0.25, 0.3) is 5.56 Å². The number of nitrogens with zero attached hydrogens (tertiary/aromatic N) is 3. The Morgan fingerprint density at radius 3 is 2.50 bits per heavy atom. The highest BCUT2D eigenvalue weighted by molar-refractivity contribution is 7.89. The second-order valence-corrected chi connectivity index (χ2v) is 6.51. The van der Waals surface area contributed by atoms with Crippen molar-refractivity contribution in [2.75, 3.05) is 0 Å². The van der Waals surface area contributed by atoms with Gasteiger partial charge in [-0.2, -0.15) is 0 Å². The highest BCUT2D eigenvalue weighted by Crippen LogP contribution is 2.08. The Hall–Kier alpha value is -2.26. The summed E-state index contributed by atoms with van der Waals surface area (Å²) >= 11 is 0. The van der Waals surface area contributed by atoms with Crippen molar-refractivity contribution >= 4 is 10.0 Å². The molecule has 0 bridgehead atoms. The van der Waals surface area contributed by atoms with Gasteiger partial charge in [0.1, 0.15) is 0 Å². The molecule has 2 rings (SSSR count). The molecule has 2 aromatic heterocycles. The number of hydrogen-bond donors (Lipinski definition) is 1. The fourth-order valence-corrected chi connectivity index (χ4v) is 3.37. The Morgan fingerprint density at radius 2 is 1.91 bits per heavy atom. The summed E-state index contributed by atoms with van der Waals surface area (Å²) in [6.45, 7) is 1.42. The summed E-state index contributed by atoms with van der Waals surface area (Å²) in [4.78, 5) is 27.4.